The topological polar surface area (TPSA) is 45.7 Å². The number of thioether (sulfide) groups is 1. The first-order valence-corrected chi connectivity index (χ1v) is 9.95. The summed E-state index contributed by atoms with van der Waals surface area (Å²) in [7, 11) is 0. The number of aliphatic imine (C=N–C) groups is 1. The number of ether oxygens (including phenoxy) is 1. The van der Waals surface area contributed by atoms with Gasteiger partial charge in [-0.1, -0.05) is 32.0 Å². The van der Waals surface area contributed by atoms with Crippen LogP contribution in [0.2, 0.25) is 0 Å². The van der Waals surface area contributed by atoms with Crippen LogP contribution in [0.25, 0.3) is 0 Å². The maximum Gasteiger partial charge on any atom is 0.191 e. The van der Waals surface area contributed by atoms with Crippen LogP contribution in [-0.2, 0) is 4.74 Å². The van der Waals surface area contributed by atoms with Crippen LogP contribution in [0.15, 0.2) is 40.2 Å². The fraction of sp³-hybridized carbons (Fsp3) is 0.632. The van der Waals surface area contributed by atoms with Gasteiger partial charge in [-0.15, -0.1) is 11.8 Å². The SMILES string of the molecule is CCNC(=NCCSc1ccccc1)NC1C2CCOC2C1(C)C. The molecule has 0 spiro atoms. The molecule has 1 saturated heterocycles. The Bertz CT molecular complexity index is 561. The van der Waals surface area contributed by atoms with Crippen molar-refractivity contribution >= 4 is 17.7 Å². The van der Waals surface area contributed by atoms with E-state index >= 15 is 0 Å². The van der Waals surface area contributed by atoms with Gasteiger partial charge in [-0.2, -0.15) is 0 Å². The number of rotatable bonds is 6. The van der Waals surface area contributed by atoms with E-state index in [-0.39, 0.29) is 5.41 Å². The molecule has 0 aromatic heterocycles. The van der Waals surface area contributed by atoms with E-state index in [1.165, 1.54) is 4.90 Å². The third-order valence-electron chi connectivity index (χ3n) is 5.11. The predicted octanol–water partition coefficient (Wildman–Crippen LogP) is 3.15. The Balaban J connectivity index is 1.52. The van der Waals surface area contributed by atoms with Gasteiger partial charge < -0.3 is 15.4 Å². The molecule has 0 bridgehead atoms. The molecular weight excluding hydrogens is 318 g/mol. The van der Waals surface area contributed by atoms with Crippen molar-refractivity contribution in [2.75, 3.05) is 25.4 Å². The number of nitrogens with one attached hydrogen (secondary N) is 2. The van der Waals surface area contributed by atoms with Crippen molar-refractivity contribution in [3.05, 3.63) is 30.3 Å². The van der Waals surface area contributed by atoms with Crippen LogP contribution in [0.4, 0.5) is 0 Å². The van der Waals surface area contributed by atoms with Gasteiger partial charge in [0.15, 0.2) is 5.96 Å². The number of benzene rings is 1. The van der Waals surface area contributed by atoms with Crippen molar-refractivity contribution in [1.82, 2.24) is 10.6 Å². The molecule has 1 aromatic rings. The van der Waals surface area contributed by atoms with Crippen molar-refractivity contribution in [2.24, 2.45) is 16.3 Å². The second kappa shape index (κ2) is 7.79. The Labute approximate surface area is 149 Å². The molecule has 132 valence electrons. The van der Waals surface area contributed by atoms with E-state index in [0.717, 1.165) is 37.8 Å². The minimum absolute atomic E-state index is 0.177. The molecule has 1 aliphatic heterocycles. The zero-order chi connectivity index (χ0) is 17.0. The summed E-state index contributed by atoms with van der Waals surface area (Å²) in [6.45, 7) is 9.31. The van der Waals surface area contributed by atoms with Gasteiger partial charge in [-0.05, 0) is 25.5 Å². The molecule has 2 fully saturated rings. The van der Waals surface area contributed by atoms with Crippen molar-refractivity contribution in [1.29, 1.82) is 0 Å². The van der Waals surface area contributed by atoms with E-state index in [1.807, 2.05) is 11.8 Å². The molecule has 0 radical (unpaired) electrons. The predicted molar refractivity (Wildman–Crippen MR) is 102 cm³/mol. The van der Waals surface area contributed by atoms with Crippen LogP contribution >= 0.6 is 11.8 Å². The first kappa shape index (κ1) is 17.6. The lowest BCUT2D eigenvalue weighted by molar-refractivity contribution is -0.106. The van der Waals surface area contributed by atoms with Gasteiger partial charge in [-0.3, -0.25) is 4.99 Å². The molecule has 3 unspecified atom stereocenters. The molecule has 1 saturated carbocycles. The number of fused-ring (bicyclic) bond motifs is 1. The molecule has 1 aliphatic carbocycles. The molecule has 2 aliphatic rings. The summed E-state index contributed by atoms with van der Waals surface area (Å²) < 4.78 is 5.88. The minimum atomic E-state index is 0.177. The van der Waals surface area contributed by atoms with Crippen LogP contribution in [0, 0.1) is 11.3 Å². The molecule has 3 atom stereocenters. The van der Waals surface area contributed by atoms with Gasteiger partial charge in [0, 0.05) is 41.2 Å². The van der Waals surface area contributed by atoms with E-state index < -0.39 is 0 Å². The van der Waals surface area contributed by atoms with Gasteiger partial charge in [0.2, 0.25) is 0 Å². The molecule has 4 nitrogen and oxygen atoms in total. The summed E-state index contributed by atoms with van der Waals surface area (Å²) in [4.78, 5) is 6.07. The summed E-state index contributed by atoms with van der Waals surface area (Å²) in [6.07, 6.45) is 1.57. The molecule has 1 aromatic carbocycles. The maximum atomic E-state index is 5.88. The Kier molecular flexibility index (Phi) is 5.72. The lowest BCUT2D eigenvalue weighted by Crippen LogP contribution is -2.68. The third-order valence-corrected chi connectivity index (χ3v) is 6.10. The smallest absolute Gasteiger partial charge is 0.191 e. The van der Waals surface area contributed by atoms with Gasteiger partial charge in [0.1, 0.15) is 0 Å². The van der Waals surface area contributed by atoms with Gasteiger partial charge in [-0.25, -0.2) is 0 Å². The highest BCUT2D eigenvalue weighted by atomic mass is 32.2. The largest absolute Gasteiger partial charge is 0.377 e. The Morgan fingerprint density at radius 3 is 2.88 bits per heavy atom. The lowest BCUT2D eigenvalue weighted by atomic mass is 9.57. The van der Waals surface area contributed by atoms with Crippen molar-refractivity contribution in [2.45, 2.75) is 44.2 Å². The van der Waals surface area contributed by atoms with Crippen molar-refractivity contribution in [3.8, 4) is 0 Å². The monoisotopic (exact) mass is 347 g/mol. The Morgan fingerprint density at radius 1 is 1.33 bits per heavy atom. The first-order chi connectivity index (χ1) is 11.6. The fourth-order valence-corrected chi connectivity index (χ4v) is 4.69. The zero-order valence-electron chi connectivity index (χ0n) is 14.9. The second-order valence-electron chi connectivity index (χ2n) is 7.11. The maximum absolute atomic E-state index is 5.88. The van der Waals surface area contributed by atoms with Gasteiger partial charge in [0.05, 0.1) is 12.6 Å². The number of nitrogens with zero attached hydrogens (tertiary/aromatic N) is 1. The van der Waals surface area contributed by atoms with Crippen molar-refractivity contribution < 1.29 is 4.74 Å². The van der Waals surface area contributed by atoms with Crippen LogP contribution in [0.3, 0.4) is 0 Å². The van der Waals surface area contributed by atoms with Crippen LogP contribution in [0.5, 0.6) is 0 Å². The summed E-state index contributed by atoms with van der Waals surface area (Å²) in [6, 6.07) is 11.0. The number of guanidine groups is 1. The molecule has 5 heteroatoms. The van der Waals surface area contributed by atoms with E-state index in [0.29, 0.717) is 18.1 Å². The van der Waals surface area contributed by atoms with Crippen molar-refractivity contribution in [3.63, 3.8) is 0 Å². The average molecular weight is 348 g/mol. The number of hydrogen-bond acceptors (Lipinski definition) is 3. The molecule has 1 heterocycles. The molecule has 2 N–H and O–H groups in total. The highest BCUT2D eigenvalue weighted by Crippen LogP contribution is 2.52. The highest BCUT2D eigenvalue weighted by Gasteiger charge is 2.59. The molecule has 0 amide bonds. The molecule has 3 rings (SSSR count). The summed E-state index contributed by atoms with van der Waals surface area (Å²) in [5.41, 5.74) is 0.177. The standard InChI is InChI=1S/C19H29N3OS/c1-4-20-18(21-11-13-24-14-8-6-5-7-9-14)22-16-15-10-12-23-17(15)19(16,2)3/h5-9,15-17H,4,10-13H2,1-3H3,(H2,20,21,22). The van der Waals surface area contributed by atoms with Gasteiger partial charge >= 0.3 is 0 Å². The van der Waals surface area contributed by atoms with E-state index in [4.69, 9.17) is 9.73 Å². The summed E-state index contributed by atoms with van der Waals surface area (Å²) in [5, 5.41) is 7.05. The second-order valence-corrected chi connectivity index (χ2v) is 8.28. The minimum Gasteiger partial charge on any atom is -0.377 e. The van der Waals surface area contributed by atoms with E-state index in [2.05, 4.69) is 61.7 Å². The Hall–Kier alpha value is -1.20. The number of hydrogen-bond donors (Lipinski definition) is 2. The van der Waals surface area contributed by atoms with Crippen LogP contribution in [0.1, 0.15) is 27.2 Å². The average Bonchev–Trinajstić information content (AvgIpc) is 3.04. The normalized spacial score (nSPS) is 28.1. The summed E-state index contributed by atoms with van der Waals surface area (Å²) >= 11 is 1.85. The van der Waals surface area contributed by atoms with E-state index in [1.54, 1.807) is 0 Å². The fourth-order valence-electron chi connectivity index (χ4n) is 3.92. The summed E-state index contributed by atoms with van der Waals surface area (Å²) in [5.74, 6) is 2.56. The zero-order valence-corrected chi connectivity index (χ0v) is 15.7. The van der Waals surface area contributed by atoms with E-state index in [9.17, 15) is 0 Å². The Morgan fingerprint density at radius 2 is 2.12 bits per heavy atom. The lowest BCUT2D eigenvalue weighted by Gasteiger charge is -2.54. The quantitative estimate of drug-likeness (QED) is 0.359. The third kappa shape index (κ3) is 3.72. The highest BCUT2D eigenvalue weighted by molar-refractivity contribution is 7.99. The molecule has 24 heavy (non-hydrogen) atoms. The van der Waals surface area contributed by atoms with Crippen LogP contribution in [-0.4, -0.2) is 43.6 Å². The molecular formula is C19H29N3OS. The van der Waals surface area contributed by atoms with Gasteiger partial charge in [0.25, 0.3) is 0 Å². The van der Waals surface area contributed by atoms with Crippen LogP contribution < -0.4 is 10.6 Å². The first-order valence-electron chi connectivity index (χ1n) is 8.97.